The van der Waals surface area contributed by atoms with Crippen LogP contribution in [0.4, 0.5) is 0 Å². The van der Waals surface area contributed by atoms with Gasteiger partial charge in [0.05, 0.1) is 6.04 Å². The Labute approximate surface area is 116 Å². The molecule has 0 saturated carbocycles. The van der Waals surface area contributed by atoms with E-state index in [2.05, 4.69) is 16.9 Å². The van der Waals surface area contributed by atoms with E-state index in [-0.39, 0.29) is 5.44 Å². The smallest absolute Gasteiger partial charge is 0.159 e. The SMILES string of the molecule is C=C(C)[C@H](O)[C@H]1O[C@@H]2SC(=NCC)N[C@@H]2[C@@H](O)[C@@H]1O. The quantitative estimate of drug-likeness (QED) is 0.521. The Balaban J connectivity index is 2.14. The van der Waals surface area contributed by atoms with E-state index in [0.717, 1.165) is 0 Å². The van der Waals surface area contributed by atoms with Crippen LogP contribution in [0.2, 0.25) is 0 Å². The highest BCUT2D eigenvalue weighted by atomic mass is 32.2. The Morgan fingerprint density at radius 3 is 2.79 bits per heavy atom. The minimum absolute atomic E-state index is 0.373. The second kappa shape index (κ2) is 5.80. The van der Waals surface area contributed by atoms with Crippen molar-refractivity contribution >= 4 is 16.9 Å². The number of hydrogen-bond donors (Lipinski definition) is 4. The van der Waals surface area contributed by atoms with Crippen molar-refractivity contribution in [3.8, 4) is 0 Å². The fourth-order valence-corrected chi connectivity index (χ4v) is 3.38. The standard InChI is InChI=1S/C12H20N2O4S/c1-4-13-12-14-6-8(16)9(17)10(7(15)5(2)3)18-11(6)19-12/h6-11,15-17H,2,4H2,1,3H3,(H,13,14)/t6-,7+,8-,9+,10-,11-/m1/s1. The minimum Gasteiger partial charge on any atom is -0.388 e. The Hall–Kier alpha value is -0.600. The van der Waals surface area contributed by atoms with Gasteiger partial charge in [-0.3, -0.25) is 4.99 Å². The van der Waals surface area contributed by atoms with Gasteiger partial charge in [-0.15, -0.1) is 0 Å². The summed E-state index contributed by atoms with van der Waals surface area (Å²) in [5.41, 5.74) is 0.121. The summed E-state index contributed by atoms with van der Waals surface area (Å²) in [4.78, 5) is 4.23. The van der Waals surface area contributed by atoms with E-state index in [1.807, 2.05) is 6.92 Å². The van der Waals surface area contributed by atoms with Gasteiger partial charge in [0.15, 0.2) is 5.17 Å². The molecule has 2 saturated heterocycles. The first-order valence-electron chi connectivity index (χ1n) is 6.28. The molecular weight excluding hydrogens is 268 g/mol. The second-order valence-corrected chi connectivity index (χ2v) is 5.90. The van der Waals surface area contributed by atoms with E-state index in [1.54, 1.807) is 6.92 Å². The Morgan fingerprint density at radius 2 is 2.21 bits per heavy atom. The van der Waals surface area contributed by atoms with E-state index in [1.165, 1.54) is 11.8 Å². The summed E-state index contributed by atoms with van der Waals surface area (Å²) in [7, 11) is 0. The lowest BCUT2D eigenvalue weighted by Gasteiger charge is -2.40. The Morgan fingerprint density at radius 1 is 1.53 bits per heavy atom. The summed E-state index contributed by atoms with van der Waals surface area (Å²) >= 11 is 1.36. The highest BCUT2D eigenvalue weighted by Crippen LogP contribution is 2.35. The van der Waals surface area contributed by atoms with E-state index in [4.69, 9.17) is 4.74 Å². The van der Waals surface area contributed by atoms with Crippen molar-refractivity contribution in [3.63, 3.8) is 0 Å². The molecule has 0 aromatic rings. The van der Waals surface area contributed by atoms with Gasteiger partial charge in [-0.25, -0.2) is 0 Å². The molecule has 0 spiro atoms. The van der Waals surface area contributed by atoms with Crippen LogP contribution in [0.25, 0.3) is 0 Å². The molecule has 0 radical (unpaired) electrons. The number of aliphatic hydroxyl groups is 3. The van der Waals surface area contributed by atoms with Crippen molar-refractivity contribution in [1.82, 2.24) is 5.32 Å². The maximum atomic E-state index is 10.1. The molecule has 0 unspecified atom stereocenters. The summed E-state index contributed by atoms with van der Waals surface area (Å²) in [6.45, 7) is 7.85. The van der Waals surface area contributed by atoms with Crippen LogP contribution in [-0.2, 0) is 4.74 Å². The zero-order chi connectivity index (χ0) is 14.2. The number of ether oxygens (including phenoxy) is 1. The molecule has 2 aliphatic heterocycles. The first kappa shape index (κ1) is 14.8. The molecule has 0 aliphatic carbocycles. The number of rotatable bonds is 3. The van der Waals surface area contributed by atoms with Crippen LogP contribution < -0.4 is 5.32 Å². The van der Waals surface area contributed by atoms with Crippen LogP contribution in [0.15, 0.2) is 17.1 Å². The predicted octanol–water partition coefficient (Wildman–Crippen LogP) is -0.549. The number of amidine groups is 1. The largest absolute Gasteiger partial charge is 0.388 e. The summed E-state index contributed by atoms with van der Waals surface area (Å²) in [5, 5.41) is 33.9. The highest BCUT2D eigenvalue weighted by molar-refractivity contribution is 8.14. The average Bonchev–Trinajstić information content (AvgIpc) is 2.76. The molecule has 0 aromatic carbocycles. The van der Waals surface area contributed by atoms with Crippen LogP contribution in [0.1, 0.15) is 13.8 Å². The van der Waals surface area contributed by atoms with Crippen LogP contribution >= 0.6 is 11.8 Å². The van der Waals surface area contributed by atoms with Crippen molar-refractivity contribution in [1.29, 1.82) is 0 Å². The molecule has 108 valence electrons. The molecular formula is C12H20N2O4S. The third kappa shape index (κ3) is 2.80. The summed E-state index contributed by atoms with van der Waals surface area (Å²) < 4.78 is 5.69. The third-order valence-corrected chi connectivity index (χ3v) is 4.38. The van der Waals surface area contributed by atoms with E-state index >= 15 is 0 Å². The van der Waals surface area contributed by atoms with Crippen LogP contribution in [0.3, 0.4) is 0 Å². The second-order valence-electron chi connectivity index (χ2n) is 4.81. The van der Waals surface area contributed by atoms with Gasteiger partial charge in [0, 0.05) is 6.54 Å². The monoisotopic (exact) mass is 288 g/mol. The molecule has 2 aliphatic rings. The predicted molar refractivity (Wildman–Crippen MR) is 74.0 cm³/mol. The van der Waals surface area contributed by atoms with Gasteiger partial charge in [0.1, 0.15) is 29.9 Å². The summed E-state index contributed by atoms with van der Waals surface area (Å²) in [6, 6.07) is -0.418. The highest BCUT2D eigenvalue weighted by Gasteiger charge is 2.50. The van der Waals surface area contributed by atoms with Gasteiger partial charge in [0.2, 0.25) is 0 Å². The molecule has 6 nitrogen and oxygen atoms in total. The maximum Gasteiger partial charge on any atom is 0.159 e. The van der Waals surface area contributed by atoms with E-state index in [0.29, 0.717) is 17.3 Å². The maximum absolute atomic E-state index is 10.1. The lowest BCUT2D eigenvalue weighted by Crippen LogP contribution is -2.61. The first-order chi connectivity index (χ1) is 8.95. The van der Waals surface area contributed by atoms with Gasteiger partial charge in [-0.1, -0.05) is 18.3 Å². The first-order valence-corrected chi connectivity index (χ1v) is 7.16. The molecule has 2 fully saturated rings. The molecule has 2 rings (SSSR count). The molecule has 4 N–H and O–H groups in total. The normalized spacial score (nSPS) is 41.7. The van der Waals surface area contributed by atoms with E-state index in [9.17, 15) is 15.3 Å². The van der Waals surface area contributed by atoms with Crippen molar-refractivity contribution in [2.45, 2.75) is 49.7 Å². The zero-order valence-electron chi connectivity index (χ0n) is 11.0. The number of aliphatic hydroxyl groups excluding tert-OH is 3. The van der Waals surface area contributed by atoms with Gasteiger partial charge >= 0.3 is 0 Å². The number of nitrogens with zero attached hydrogens (tertiary/aromatic N) is 1. The van der Waals surface area contributed by atoms with Gasteiger partial charge < -0.3 is 25.4 Å². The average molecular weight is 288 g/mol. The summed E-state index contributed by atoms with van der Waals surface area (Å²) in [6.07, 6.45) is -4.06. The van der Waals surface area contributed by atoms with E-state index < -0.39 is 30.5 Å². The zero-order valence-corrected chi connectivity index (χ0v) is 11.8. The number of aliphatic imine (C=N–C) groups is 1. The number of thioether (sulfide) groups is 1. The Bertz CT molecular complexity index is 390. The molecule has 7 heteroatoms. The number of nitrogens with one attached hydrogen (secondary N) is 1. The summed E-state index contributed by atoms with van der Waals surface area (Å²) in [5.74, 6) is 0. The third-order valence-electron chi connectivity index (χ3n) is 3.27. The van der Waals surface area contributed by atoms with Gasteiger partial charge in [-0.05, 0) is 19.4 Å². The number of fused-ring (bicyclic) bond motifs is 1. The molecule has 19 heavy (non-hydrogen) atoms. The molecule has 6 atom stereocenters. The van der Waals surface area contributed by atoms with Crippen LogP contribution in [0, 0.1) is 0 Å². The van der Waals surface area contributed by atoms with Gasteiger partial charge in [-0.2, -0.15) is 0 Å². The van der Waals surface area contributed by atoms with Gasteiger partial charge in [0.25, 0.3) is 0 Å². The number of hydrogen-bond acceptors (Lipinski definition) is 6. The van der Waals surface area contributed by atoms with Crippen molar-refractivity contribution in [2.24, 2.45) is 4.99 Å². The molecule has 0 amide bonds. The Kier molecular flexibility index (Phi) is 4.52. The van der Waals surface area contributed by atoms with Crippen molar-refractivity contribution in [2.75, 3.05) is 6.54 Å². The lowest BCUT2D eigenvalue weighted by molar-refractivity contribution is -0.181. The van der Waals surface area contributed by atoms with Crippen molar-refractivity contribution < 1.29 is 20.1 Å². The van der Waals surface area contributed by atoms with Crippen molar-refractivity contribution in [3.05, 3.63) is 12.2 Å². The topological polar surface area (TPSA) is 94.3 Å². The van der Waals surface area contributed by atoms with Crippen LogP contribution in [-0.4, -0.2) is 62.9 Å². The fourth-order valence-electron chi connectivity index (χ4n) is 2.20. The fraction of sp³-hybridized carbons (Fsp3) is 0.750. The lowest BCUT2D eigenvalue weighted by atomic mass is 9.92. The minimum atomic E-state index is -1.16. The molecule has 0 aromatic heterocycles. The molecule has 2 heterocycles. The van der Waals surface area contributed by atoms with Crippen LogP contribution in [0.5, 0.6) is 0 Å². The molecule has 0 bridgehead atoms.